The molecule has 0 aliphatic rings. The third-order valence-electron chi connectivity index (χ3n) is 3.54. The Bertz CT molecular complexity index is 643. The number of nitrogens with one attached hydrogen (secondary N) is 1. The lowest BCUT2D eigenvalue weighted by molar-refractivity contribution is -0.142. The molecule has 126 valence electrons. The van der Waals surface area contributed by atoms with E-state index in [4.69, 9.17) is 4.74 Å². The molecule has 0 bridgehead atoms. The molecule has 5 nitrogen and oxygen atoms in total. The monoisotopic (exact) mass is 327 g/mol. The van der Waals surface area contributed by atoms with Gasteiger partial charge in [-0.05, 0) is 24.0 Å². The Labute approximate surface area is 141 Å². The van der Waals surface area contributed by atoms with Crippen molar-refractivity contribution in [1.82, 2.24) is 5.32 Å². The van der Waals surface area contributed by atoms with Gasteiger partial charge >= 0.3 is 5.97 Å². The van der Waals surface area contributed by atoms with Gasteiger partial charge in [0.1, 0.15) is 12.6 Å². The van der Waals surface area contributed by atoms with Crippen molar-refractivity contribution in [2.24, 2.45) is 0 Å². The van der Waals surface area contributed by atoms with Crippen molar-refractivity contribution in [3.8, 4) is 0 Å². The van der Waals surface area contributed by atoms with Gasteiger partial charge in [0.25, 0.3) is 0 Å². The fraction of sp³-hybridized carbons (Fsp3) is 0.263. The van der Waals surface area contributed by atoms with Gasteiger partial charge in [0.05, 0.1) is 6.61 Å². The van der Waals surface area contributed by atoms with Crippen LogP contribution in [-0.4, -0.2) is 29.6 Å². The second-order valence-electron chi connectivity index (χ2n) is 5.46. The molecule has 0 unspecified atom stereocenters. The van der Waals surface area contributed by atoms with Crippen molar-refractivity contribution in [2.45, 2.75) is 25.5 Å². The van der Waals surface area contributed by atoms with Crippen molar-refractivity contribution in [3.05, 3.63) is 71.8 Å². The van der Waals surface area contributed by atoms with Crippen LogP contribution in [0.25, 0.3) is 0 Å². The molecule has 0 spiro atoms. The molecule has 0 radical (unpaired) electrons. The molecule has 0 fully saturated rings. The van der Waals surface area contributed by atoms with E-state index in [9.17, 15) is 14.7 Å². The molecule has 5 heteroatoms. The van der Waals surface area contributed by atoms with Gasteiger partial charge in [0.15, 0.2) is 0 Å². The summed E-state index contributed by atoms with van der Waals surface area (Å²) in [6, 6.07) is 18.2. The van der Waals surface area contributed by atoms with Crippen LogP contribution in [0.2, 0.25) is 0 Å². The van der Waals surface area contributed by atoms with E-state index in [1.54, 1.807) is 0 Å². The summed E-state index contributed by atoms with van der Waals surface area (Å²) in [6.07, 6.45) is 0.923. The number of rotatable bonds is 9. The summed E-state index contributed by atoms with van der Waals surface area (Å²) in [5.41, 5.74) is 2.00. The predicted octanol–water partition coefficient (Wildman–Crippen LogP) is 2.41. The van der Waals surface area contributed by atoms with Crippen molar-refractivity contribution < 1.29 is 19.4 Å². The smallest absolute Gasteiger partial charge is 0.326 e. The van der Waals surface area contributed by atoms with E-state index in [0.29, 0.717) is 19.4 Å². The van der Waals surface area contributed by atoms with E-state index < -0.39 is 17.9 Å². The van der Waals surface area contributed by atoms with Crippen LogP contribution in [0, 0.1) is 0 Å². The molecule has 0 aromatic heterocycles. The van der Waals surface area contributed by atoms with E-state index in [1.165, 1.54) is 0 Å². The number of carbonyl (C=O) groups excluding carboxylic acids is 1. The molecule has 2 aromatic rings. The lowest BCUT2D eigenvalue weighted by Crippen LogP contribution is -2.42. The Hall–Kier alpha value is -2.66. The predicted molar refractivity (Wildman–Crippen MR) is 90.4 cm³/mol. The van der Waals surface area contributed by atoms with Gasteiger partial charge in [-0.15, -0.1) is 0 Å². The Morgan fingerprint density at radius 2 is 1.54 bits per heavy atom. The number of hydrogen-bond acceptors (Lipinski definition) is 3. The second-order valence-corrected chi connectivity index (χ2v) is 5.46. The van der Waals surface area contributed by atoms with Crippen LogP contribution in [0.5, 0.6) is 0 Å². The van der Waals surface area contributed by atoms with Crippen LogP contribution in [0.3, 0.4) is 0 Å². The van der Waals surface area contributed by atoms with Gasteiger partial charge in [-0.3, -0.25) is 4.79 Å². The van der Waals surface area contributed by atoms with Crippen LogP contribution in [0.4, 0.5) is 0 Å². The zero-order valence-corrected chi connectivity index (χ0v) is 13.4. The fourth-order valence-corrected chi connectivity index (χ4v) is 2.28. The summed E-state index contributed by atoms with van der Waals surface area (Å²) in [4.78, 5) is 23.2. The number of aliphatic carboxylic acids is 1. The summed E-state index contributed by atoms with van der Waals surface area (Å²) in [5, 5.41) is 11.8. The van der Waals surface area contributed by atoms with Gasteiger partial charge in [0, 0.05) is 0 Å². The average Bonchev–Trinajstić information content (AvgIpc) is 2.60. The molecule has 0 aliphatic carbocycles. The van der Waals surface area contributed by atoms with Crippen LogP contribution in [0.1, 0.15) is 17.5 Å². The molecule has 1 atom stereocenters. The normalized spacial score (nSPS) is 11.7. The molecule has 0 saturated carbocycles. The Kier molecular flexibility index (Phi) is 6.98. The first kappa shape index (κ1) is 17.7. The van der Waals surface area contributed by atoms with Gasteiger partial charge in [-0.25, -0.2) is 4.79 Å². The fourth-order valence-electron chi connectivity index (χ4n) is 2.28. The number of carbonyl (C=O) groups is 2. The zero-order valence-electron chi connectivity index (χ0n) is 13.4. The highest BCUT2D eigenvalue weighted by Gasteiger charge is 2.19. The number of amides is 1. The van der Waals surface area contributed by atoms with Gasteiger partial charge in [-0.1, -0.05) is 60.7 Å². The van der Waals surface area contributed by atoms with E-state index in [-0.39, 0.29) is 6.61 Å². The quantitative estimate of drug-likeness (QED) is 0.741. The minimum absolute atomic E-state index is 0.163. The number of ether oxygens (including phenoxy) is 1. The van der Waals surface area contributed by atoms with Gasteiger partial charge in [-0.2, -0.15) is 0 Å². The first-order chi connectivity index (χ1) is 11.6. The van der Waals surface area contributed by atoms with Crippen molar-refractivity contribution in [1.29, 1.82) is 0 Å². The maximum atomic E-state index is 11.9. The summed E-state index contributed by atoms with van der Waals surface area (Å²) >= 11 is 0. The zero-order chi connectivity index (χ0) is 17.2. The molecule has 2 N–H and O–H groups in total. The Morgan fingerprint density at radius 1 is 0.958 bits per heavy atom. The first-order valence-corrected chi connectivity index (χ1v) is 7.83. The molecular weight excluding hydrogens is 306 g/mol. The summed E-state index contributed by atoms with van der Waals surface area (Å²) in [7, 11) is 0. The first-order valence-electron chi connectivity index (χ1n) is 7.83. The molecule has 0 saturated heterocycles. The van der Waals surface area contributed by atoms with Crippen LogP contribution >= 0.6 is 0 Å². The Morgan fingerprint density at radius 3 is 2.12 bits per heavy atom. The number of aryl methyl sites for hydroxylation is 1. The van der Waals surface area contributed by atoms with Gasteiger partial charge in [0.2, 0.25) is 5.91 Å². The topological polar surface area (TPSA) is 75.6 Å². The molecule has 2 aromatic carbocycles. The maximum absolute atomic E-state index is 11.9. The lowest BCUT2D eigenvalue weighted by atomic mass is 10.1. The lowest BCUT2D eigenvalue weighted by Gasteiger charge is -2.14. The molecule has 1 amide bonds. The van der Waals surface area contributed by atoms with E-state index >= 15 is 0 Å². The third kappa shape index (κ3) is 6.22. The second kappa shape index (κ2) is 9.47. The standard InChI is InChI=1S/C19H21NO4/c21-18(14-24-13-16-9-5-2-6-10-16)20-17(19(22)23)12-11-15-7-3-1-4-8-15/h1-10,17H,11-14H2,(H,20,21)(H,22,23)/t17-/m0/s1. The largest absolute Gasteiger partial charge is 0.480 e. The van der Waals surface area contributed by atoms with Crippen molar-refractivity contribution >= 4 is 11.9 Å². The van der Waals surface area contributed by atoms with Crippen molar-refractivity contribution in [3.63, 3.8) is 0 Å². The molecule has 0 heterocycles. The highest BCUT2D eigenvalue weighted by molar-refractivity contribution is 5.84. The summed E-state index contributed by atoms with van der Waals surface area (Å²) in [6.45, 7) is 0.153. The molecule has 0 aliphatic heterocycles. The van der Waals surface area contributed by atoms with E-state index in [0.717, 1.165) is 11.1 Å². The maximum Gasteiger partial charge on any atom is 0.326 e. The highest BCUT2D eigenvalue weighted by atomic mass is 16.5. The highest BCUT2D eigenvalue weighted by Crippen LogP contribution is 2.06. The molecule has 24 heavy (non-hydrogen) atoms. The number of carboxylic acids is 1. The van der Waals surface area contributed by atoms with Crippen LogP contribution < -0.4 is 5.32 Å². The van der Waals surface area contributed by atoms with Gasteiger partial charge < -0.3 is 15.2 Å². The average molecular weight is 327 g/mol. The van der Waals surface area contributed by atoms with Crippen LogP contribution in [-0.2, 0) is 27.4 Å². The van der Waals surface area contributed by atoms with E-state index in [2.05, 4.69) is 5.32 Å². The summed E-state index contributed by atoms with van der Waals surface area (Å²) < 4.78 is 5.32. The van der Waals surface area contributed by atoms with Crippen molar-refractivity contribution in [2.75, 3.05) is 6.61 Å². The summed E-state index contributed by atoms with van der Waals surface area (Å²) in [5.74, 6) is -1.46. The SMILES string of the molecule is O=C(COCc1ccccc1)N[C@@H](CCc1ccccc1)C(=O)O. The minimum Gasteiger partial charge on any atom is -0.480 e. The number of hydrogen-bond donors (Lipinski definition) is 2. The molecule has 2 rings (SSSR count). The Balaban J connectivity index is 1.75. The number of benzene rings is 2. The molecular formula is C19H21NO4. The van der Waals surface area contributed by atoms with Crippen LogP contribution in [0.15, 0.2) is 60.7 Å². The van der Waals surface area contributed by atoms with E-state index in [1.807, 2.05) is 60.7 Å². The minimum atomic E-state index is -1.04. The number of carboxylic acid groups (broad SMARTS) is 1. The third-order valence-corrected chi connectivity index (χ3v) is 3.54.